The van der Waals surface area contributed by atoms with Crippen molar-refractivity contribution in [1.29, 1.82) is 0 Å². The van der Waals surface area contributed by atoms with E-state index in [0.29, 0.717) is 44.2 Å². The highest BCUT2D eigenvalue weighted by atomic mass is 16.5. The smallest absolute Gasteiger partial charge is 0.251 e. The zero-order valence-corrected chi connectivity index (χ0v) is 16.2. The van der Waals surface area contributed by atoms with Crippen LogP contribution in [0.2, 0.25) is 0 Å². The maximum Gasteiger partial charge on any atom is 0.251 e. The first-order valence-electron chi connectivity index (χ1n) is 9.31. The quantitative estimate of drug-likeness (QED) is 0.642. The number of hydrogen-bond acceptors (Lipinski definition) is 6. The minimum absolute atomic E-state index is 0.0767. The van der Waals surface area contributed by atoms with E-state index in [-0.39, 0.29) is 36.7 Å². The molecule has 2 heterocycles. The Morgan fingerprint density at radius 1 is 1.39 bits per heavy atom. The number of amides is 3. The molecule has 1 saturated heterocycles. The second kappa shape index (κ2) is 8.92. The first kappa shape index (κ1) is 19.9. The number of ether oxygens (including phenoxy) is 2. The Balaban J connectivity index is 1.66. The van der Waals surface area contributed by atoms with Crippen molar-refractivity contribution in [3.63, 3.8) is 0 Å². The van der Waals surface area contributed by atoms with Crippen LogP contribution >= 0.6 is 0 Å². The molecule has 0 aliphatic carbocycles. The molecule has 3 amide bonds. The van der Waals surface area contributed by atoms with Crippen LogP contribution in [0.4, 0.5) is 5.69 Å². The number of likely N-dealkylation sites (N-methyl/N-ethyl adjacent to an activating group) is 1. The number of nitrogens with one attached hydrogen (secondary N) is 2. The van der Waals surface area contributed by atoms with Crippen LogP contribution in [0, 0.1) is 0 Å². The third-order valence-electron chi connectivity index (χ3n) is 4.97. The van der Waals surface area contributed by atoms with E-state index >= 15 is 0 Å². The number of carbonyl (C=O) groups excluding carboxylic acids is 3. The van der Waals surface area contributed by atoms with Gasteiger partial charge in [-0.15, -0.1) is 0 Å². The summed E-state index contributed by atoms with van der Waals surface area (Å²) in [6.45, 7) is 2.33. The molecule has 2 aliphatic rings. The van der Waals surface area contributed by atoms with Crippen LogP contribution in [-0.4, -0.2) is 82.2 Å². The van der Waals surface area contributed by atoms with Gasteiger partial charge in [0, 0.05) is 39.4 Å². The second-order valence-corrected chi connectivity index (χ2v) is 6.88. The van der Waals surface area contributed by atoms with E-state index < -0.39 is 0 Å². The first-order chi connectivity index (χ1) is 13.5. The summed E-state index contributed by atoms with van der Waals surface area (Å²) in [7, 11) is 3.46. The van der Waals surface area contributed by atoms with E-state index in [4.69, 9.17) is 9.47 Å². The maximum absolute atomic E-state index is 12.6. The normalized spacial score (nSPS) is 18.8. The van der Waals surface area contributed by atoms with Gasteiger partial charge in [-0.3, -0.25) is 14.4 Å². The van der Waals surface area contributed by atoms with Gasteiger partial charge in [-0.25, -0.2) is 0 Å². The highest BCUT2D eigenvalue weighted by molar-refractivity contribution is 5.95. The molecule has 0 radical (unpaired) electrons. The van der Waals surface area contributed by atoms with Crippen molar-refractivity contribution >= 4 is 23.4 Å². The summed E-state index contributed by atoms with van der Waals surface area (Å²) < 4.78 is 10.7. The van der Waals surface area contributed by atoms with Crippen LogP contribution in [0.3, 0.4) is 0 Å². The monoisotopic (exact) mass is 390 g/mol. The predicted molar refractivity (Wildman–Crippen MR) is 103 cm³/mol. The van der Waals surface area contributed by atoms with Gasteiger partial charge in [0.15, 0.2) is 0 Å². The van der Waals surface area contributed by atoms with E-state index in [9.17, 15) is 14.4 Å². The van der Waals surface area contributed by atoms with E-state index in [2.05, 4.69) is 10.6 Å². The summed E-state index contributed by atoms with van der Waals surface area (Å²) in [4.78, 5) is 39.9. The van der Waals surface area contributed by atoms with E-state index in [0.717, 1.165) is 5.69 Å². The Hall–Kier alpha value is -2.81. The summed E-state index contributed by atoms with van der Waals surface area (Å²) >= 11 is 0. The number of anilines is 1. The Morgan fingerprint density at radius 3 is 2.96 bits per heavy atom. The molecule has 1 fully saturated rings. The van der Waals surface area contributed by atoms with Crippen molar-refractivity contribution < 1.29 is 23.9 Å². The molecule has 9 heteroatoms. The average molecular weight is 390 g/mol. The molecular formula is C19H26N4O5. The molecule has 0 aromatic heterocycles. The van der Waals surface area contributed by atoms with Crippen molar-refractivity contribution in [3.8, 4) is 5.75 Å². The fourth-order valence-corrected chi connectivity index (χ4v) is 3.30. The minimum Gasteiger partial charge on any atom is -0.489 e. The highest BCUT2D eigenvalue weighted by Gasteiger charge is 2.30. The molecule has 1 aromatic carbocycles. The lowest BCUT2D eigenvalue weighted by atomic mass is 10.1. The summed E-state index contributed by atoms with van der Waals surface area (Å²) in [5.74, 6) is 0.275. The van der Waals surface area contributed by atoms with Crippen molar-refractivity contribution in [1.82, 2.24) is 15.5 Å². The number of fused-ring (bicyclic) bond motifs is 1. The molecule has 1 unspecified atom stereocenters. The molecule has 3 rings (SSSR count). The summed E-state index contributed by atoms with van der Waals surface area (Å²) in [6.07, 6.45) is 0.244. The van der Waals surface area contributed by atoms with Crippen molar-refractivity contribution in [2.24, 2.45) is 0 Å². The lowest BCUT2D eigenvalue weighted by molar-refractivity contribution is -0.138. The second-order valence-electron chi connectivity index (χ2n) is 6.88. The molecule has 0 bridgehead atoms. The van der Waals surface area contributed by atoms with Gasteiger partial charge >= 0.3 is 0 Å². The molecular weight excluding hydrogens is 364 g/mol. The molecule has 2 aliphatic heterocycles. The number of nitrogens with zero attached hydrogens (tertiary/aromatic N) is 2. The molecule has 2 N–H and O–H groups in total. The van der Waals surface area contributed by atoms with Crippen LogP contribution in [0.15, 0.2) is 18.2 Å². The van der Waals surface area contributed by atoms with Gasteiger partial charge in [0.05, 0.1) is 31.3 Å². The highest BCUT2D eigenvalue weighted by Crippen LogP contribution is 2.34. The van der Waals surface area contributed by atoms with Gasteiger partial charge in [-0.1, -0.05) is 0 Å². The largest absolute Gasteiger partial charge is 0.489 e. The van der Waals surface area contributed by atoms with Crippen LogP contribution in [0.1, 0.15) is 16.8 Å². The van der Waals surface area contributed by atoms with E-state index in [1.807, 2.05) is 11.9 Å². The number of carbonyl (C=O) groups is 3. The molecule has 28 heavy (non-hydrogen) atoms. The number of hydrogen-bond donors (Lipinski definition) is 2. The predicted octanol–water partition coefficient (Wildman–Crippen LogP) is -0.391. The Labute approximate surface area is 163 Å². The van der Waals surface area contributed by atoms with Crippen LogP contribution in [-0.2, 0) is 14.3 Å². The number of piperazine rings is 1. The van der Waals surface area contributed by atoms with Gasteiger partial charge in [-0.2, -0.15) is 0 Å². The van der Waals surface area contributed by atoms with Crippen LogP contribution in [0.5, 0.6) is 5.75 Å². The van der Waals surface area contributed by atoms with Crippen molar-refractivity contribution in [3.05, 3.63) is 23.8 Å². The summed E-state index contributed by atoms with van der Waals surface area (Å²) in [5.41, 5.74) is 1.28. The van der Waals surface area contributed by atoms with Crippen LogP contribution in [0.25, 0.3) is 0 Å². The third-order valence-corrected chi connectivity index (χ3v) is 4.97. The average Bonchev–Trinajstić information content (AvgIpc) is 2.70. The Kier molecular flexibility index (Phi) is 6.35. The first-order valence-corrected chi connectivity index (χ1v) is 9.31. The standard InChI is InChI=1S/C19H26N4O5/c1-22-14(10-18(25)23-7-5-20-17(24)11-23)12-28-16-4-3-13(9-15(16)22)19(26)21-6-8-27-2/h3-4,9,14H,5-8,10-12H2,1-2H3,(H,20,24)(H,21,26). The number of benzene rings is 1. The molecule has 152 valence electrons. The lowest BCUT2D eigenvalue weighted by Gasteiger charge is -2.37. The van der Waals surface area contributed by atoms with Crippen molar-refractivity contribution in [2.75, 3.05) is 58.5 Å². The fourth-order valence-electron chi connectivity index (χ4n) is 3.30. The van der Waals surface area contributed by atoms with Gasteiger partial charge < -0.3 is 29.9 Å². The van der Waals surface area contributed by atoms with Gasteiger partial charge in [0.25, 0.3) is 5.91 Å². The Morgan fingerprint density at radius 2 is 2.21 bits per heavy atom. The van der Waals surface area contributed by atoms with Gasteiger partial charge in [-0.05, 0) is 18.2 Å². The topological polar surface area (TPSA) is 100 Å². The number of rotatable bonds is 6. The minimum atomic E-state index is -0.189. The van der Waals surface area contributed by atoms with E-state index in [1.165, 1.54) is 0 Å². The summed E-state index contributed by atoms with van der Waals surface area (Å²) in [5, 5.41) is 5.50. The maximum atomic E-state index is 12.6. The summed E-state index contributed by atoms with van der Waals surface area (Å²) in [6, 6.07) is 5.08. The van der Waals surface area contributed by atoms with Crippen molar-refractivity contribution in [2.45, 2.75) is 12.5 Å². The molecule has 1 aromatic rings. The molecule has 1 atom stereocenters. The Bertz CT molecular complexity index is 754. The molecule has 0 spiro atoms. The fraction of sp³-hybridized carbons (Fsp3) is 0.526. The zero-order chi connectivity index (χ0) is 20.1. The third kappa shape index (κ3) is 4.53. The van der Waals surface area contributed by atoms with Crippen LogP contribution < -0.4 is 20.3 Å². The van der Waals surface area contributed by atoms with Gasteiger partial charge in [0.1, 0.15) is 12.4 Å². The SMILES string of the molecule is COCCNC(=O)c1ccc2c(c1)N(C)C(CC(=O)N1CCNC(=O)C1)CO2. The van der Waals surface area contributed by atoms with E-state index in [1.54, 1.807) is 30.2 Å². The molecule has 0 saturated carbocycles. The van der Waals surface area contributed by atoms with Gasteiger partial charge in [0.2, 0.25) is 11.8 Å². The lowest BCUT2D eigenvalue weighted by Crippen LogP contribution is -2.52. The number of methoxy groups -OCH3 is 1. The zero-order valence-electron chi connectivity index (χ0n) is 16.2. The molecule has 9 nitrogen and oxygen atoms in total.